The third-order valence-corrected chi connectivity index (χ3v) is 5.43. The van der Waals surface area contributed by atoms with E-state index in [4.69, 9.17) is 11.6 Å². The van der Waals surface area contributed by atoms with Gasteiger partial charge in [0, 0.05) is 18.1 Å². The van der Waals surface area contributed by atoms with E-state index in [1.165, 1.54) is 4.31 Å². The van der Waals surface area contributed by atoms with Crippen molar-refractivity contribution in [2.24, 2.45) is 0 Å². The Bertz CT molecular complexity index is 808. The van der Waals surface area contributed by atoms with Crippen molar-refractivity contribution >= 4 is 27.5 Å². The minimum absolute atomic E-state index is 0.179. The lowest BCUT2D eigenvalue weighted by molar-refractivity contribution is -0.121. The number of benzene rings is 2. The molecule has 5 nitrogen and oxygen atoms in total. The molecule has 0 fully saturated rings. The van der Waals surface area contributed by atoms with Crippen molar-refractivity contribution in [1.29, 1.82) is 0 Å². The van der Waals surface area contributed by atoms with Gasteiger partial charge >= 0.3 is 0 Å². The van der Waals surface area contributed by atoms with Crippen molar-refractivity contribution in [2.45, 2.75) is 12.8 Å². The molecule has 0 aliphatic carbocycles. The number of carbonyl (C=O) groups is 1. The first-order chi connectivity index (χ1) is 12.3. The first-order valence-corrected chi connectivity index (χ1v) is 10.6. The van der Waals surface area contributed by atoms with Gasteiger partial charge in [0.15, 0.2) is 0 Å². The van der Waals surface area contributed by atoms with Crippen LogP contribution in [0.4, 0.5) is 0 Å². The summed E-state index contributed by atoms with van der Waals surface area (Å²) in [5.41, 5.74) is 2.09. The monoisotopic (exact) mass is 394 g/mol. The van der Waals surface area contributed by atoms with Gasteiger partial charge in [-0.3, -0.25) is 4.79 Å². The Morgan fingerprint density at radius 3 is 2.23 bits per heavy atom. The summed E-state index contributed by atoms with van der Waals surface area (Å²) in [4.78, 5) is 12.1. The fourth-order valence-corrected chi connectivity index (χ4v) is 3.37. The number of nitrogens with one attached hydrogen (secondary N) is 1. The second kappa shape index (κ2) is 9.71. The molecule has 0 saturated heterocycles. The largest absolute Gasteiger partial charge is 0.355 e. The van der Waals surface area contributed by atoms with Crippen LogP contribution in [0.1, 0.15) is 11.1 Å². The molecule has 7 heteroatoms. The first-order valence-electron chi connectivity index (χ1n) is 8.35. The molecule has 0 aliphatic rings. The minimum Gasteiger partial charge on any atom is -0.355 e. The summed E-state index contributed by atoms with van der Waals surface area (Å²) in [5.74, 6) is -0.303. The van der Waals surface area contributed by atoms with E-state index in [0.29, 0.717) is 24.4 Å². The van der Waals surface area contributed by atoms with Gasteiger partial charge in [-0.25, -0.2) is 8.42 Å². The van der Waals surface area contributed by atoms with Crippen LogP contribution in [0.2, 0.25) is 5.02 Å². The minimum atomic E-state index is -3.47. The van der Waals surface area contributed by atoms with E-state index in [-0.39, 0.29) is 19.0 Å². The molecule has 1 N–H and O–H groups in total. The van der Waals surface area contributed by atoms with Gasteiger partial charge in [-0.1, -0.05) is 54.1 Å². The predicted molar refractivity (Wildman–Crippen MR) is 105 cm³/mol. The lowest BCUT2D eigenvalue weighted by Gasteiger charge is -2.19. The van der Waals surface area contributed by atoms with E-state index in [1.807, 2.05) is 42.5 Å². The van der Waals surface area contributed by atoms with Crippen LogP contribution in [0.5, 0.6) is 0 Å². The average molecular weight is 395 g/mol. The number of carbonyl (C=O) groups excluding carboxylic acids is 1. The van der Waals surface area contributed by atoms with E-state index in [1.54, 1.807) is 12.1 Å². The van der Waals surface area contributed by atoms with Gasteiger partial charge in [0.25, 0.3) is 0 Å². The number of hydrogen-bond donors (Lipinski definition) is 1. The van der Waals surface area contributed by atoms with E-state index >= 15 is 0 Å². The summed E-state index contributed by atoms with van der Waals surface area (Å²) in [6.45, 7) is 0.533. The maximum absolute atomic E-state index is 12.1. The van der Waals surface area contributed by atoms with Crippen molar-refractivity contribution in [3.8, 4) is 0 Å². The fourth-order valence-electron chi connectivity index (χ4n) is 2.47. The first kappa shape index (κ1) is 20.4. The van der Waals surface area contributed by atoms with Gasteiger partial charge in [0.1, 0.15) is 0 Å². The Hall–Kier alpha value is -1.89. The lowest BCUT2D eigenvalue weighted by Crippen LogP contribution is -2.41. The highest BCUT2D eigenvalue weighted by Crippen LogP contribution is 2.11. The predicted octanol–water partition coefficient (Wildman–Crippen LogP) is 2.50. The highest BCUT2D eigenvalue weighted by molar-refractivity contribution is 7.88. The third-order valence-electron chi connectivity index (χ3n) is 3.93. The molecule has 140 valence electrons. The lowest BCUT2D eigenvalue weighted by atomic mass is 10.1. The van der Waals surface area contributed by atoms with Crippen LogP contribution < -0.4 is 5.32 Å². The number of amides is 1. The summed E-state index contributed by atoms with van der Waals surface area (Å²) in [5, 5.41) is 3.41. The van der Waals surface area contributed by atoms with Crippen LogP contribution in [0, 0.1) is 0 Å². The van der Waals surface area contributed by atoms with Crippen molar-refractivity contribution in [1.82, 2.24) is 9.62 Å². The van der Waals surface area contributed by atoms with Gasteiger partial charge in [0.2, 0.25) is 15.9 Å². The van der Waals surface area contributed by atoms with Crippen molar-refractivity contribution in [3.05, 3.63) is 70.7 Å². The SMILES string of the molecule is CS(=O)(=O)N(CCc1ccc(Cl)cc1)CC(=O)NCCc1ccccc1. The number of hydrogen-bond acceptors (Lipinski definition) is 3. The Morgan fingerprint density at radius 1 is 1.00 bits per heavy atom. The zero-order valence-electron chi connectivity index (χ0n) is 14.7. The molecule has 0 bridgehead atoms. The Morgan fingerprint density at radius 2 is 1.62 bits per heavy atom. The Balaban J connectivity index is 1.84. The molecule has 2 rings (SSSR count). The molecule has 0 atom stereocenters. The quantitative estimate of drug-likeness (QED) is 0.710. The molecular formula is C19H23ClN2O3S. The van der Waals surface area contributed by atoms with E-state index < -0.39 is 10.0 Å². The van der Waals surface area contributed by atoms with Gasteiger partial charge in [-0.2, -0.15) is 4.31 Å². The molecule has 0 saturated carbocycles. The molecule has 2 aromatic rings. The summed E-state index contributed by atoms with van der Waals surface area (Å²) in [7, 11) is -3.47. The third kappa shape index (κ3) is 7.15. The molecule has 0 unspecified atom stereocenters. The number of sulfonamides is 1. The van der Waals surface area contributed by atoms with Gasteiger partial charge in [-0.15, -0.1) is 0 Å². The average Bonchev–Trinajstić information content (AvgIpc) is 2.60. The topological polar surface area (TPSA) is 66.5 Å². The molecule has 0 radical (unpaired) electrons. The van der Waals surface area contributed by atoms with Gasteiger partial charge in [-0.05, 0) is 36.1 Å². The summed E-state index contributed by atoms with van der Waals surface area (Å²) < 4.78 is 25.1. The molecule has 2 aromatic carbocycles. The molecule has 0 spiro atoms. The van der Waals surface area contributed by atoms with Crippen LogP contribution in [-0.4, -0.2) is 44.5 Å². The Kier molecular flexibility index (Phi) is 7.63. The number of halogens is 1. The van der Waals surface area contributed by atoms with Crippen molar-refractivity contribution in [3.63, 3.8) is 0 Å². The molecule has 0 aliphatic heterocycles. The fraction of sp³-hybridized carbons (Fsp3) is 0.316. The van der Waals surface area contributed by atoms with Crippen molar-refractivity contribution < 1.29 is 13.2 Å². The smallest absolute Gasteiger partial charge is 0.235 e. The van der Waals surface area contributed by atoms with E-state index in [9.17, 15) is 13.2 Å². The molecule has 0 heterocycles. The maximum atomic E-state index is 12.1. The highest BCUT2D eigenvalue weighted by atomic mass is 35.5. The van der Waals surface area contributed by atoms with Crippen LogP contribution in [0.25, 0.3) is 0 Å². The zero-order valence-corrected chi connectivity index (χ0v) is 16.3. The molecule has 0 aromatic heterocycles. The summed E-state index contributed by atoms with van der Waals surface area (Å²) in [6.07, 6.45) is 2.34. The molecular weight excluding hydrogens is 372 g/mol. The Labute approximate surface area is 160 Å². The summed E-state index contributed by atoms with van der Waals surface area (Å²) in [6, 6.07) is 17.0. The number of rotatable bonds is 9. The van der Waals surface area contributed by atoms with Crippen LogP contribution >= 0.6 is 11.6 Å². The normalized spacial score (nSPS) is 11.5. The highest BCUT2D eigenvalue weighted by Gasteiger charge is 2.19. The van der Waals surface area contributed by atoms with Gasteiger partial charge in [0.05, 0.1) is 12.8 Å². The summed E-state index contributed by atoms with van der Waals surface area (Å²) >= 11 is 5.85. The second-order valence-corrected chi connectivity index (χ2v) is 8.48. The standard InChI is InChI=1S/C19H23ClN2O3S/c1-26(24,25)22(14-12-17-7-9-18(20)10-8-17)15-19(23)21-13-11-16-5-3-2-4-6-16/h2-10H,11-15H2,1H3,(H,21,23). The van der Waals surface area contributed by atoms with Crippen LogP contribution in [0.3, 0.4) is 0 Å². The molecule has 26 heavy (non-hydrogen) atoms. The van der Waals surface area contributed by atoms with Crippen LogP contribution in [0.15, 0.2) is 54.6 Å². The zero-order chi connectivity index (χ0) is 19.0. The van der Waals surface area contributed by atoms with E-state index in [2.05, 4.69) is 5.32 Å². The van der Waals surface area contributed by atoms with Crippen LogP contribution in [-0.2, 0) is 27.7 Å². The van der Waals surface area contributed by atoms with Gasteiger partial charge < -0.3 is 5.32 Å². The number of nitrogens with zero attached hydrogens (tertiary/aromatic N) is 1. The molecule has 1 amide bonds. The maximum Gasteiger partial charge on any atom is 0.235 e. The van der Waals surface area contributed by atoms with E-state index in [0.717, 1.165) is 17.4 Å². The second-order valence-electron chi connectivity index (χ2n) is 6.06. The van der Waals surface area contributed by atoms with Crippen molar-refractivity contribution in [2.75, 3.05) is 25.9 Å².